The molecule has 0 aliphatic heterocycles. The van der Waals surface area contributed by atoms with E-state index in [0.29, 0.717) is 10.8 Å². The number of fused-ring (bicyclic) bond motifs is 1. The molecule has 3 rings (SSSR count). The van der Waals surface area contributed by atoms with Crippen LogP contribution in [-0.2, 0) is 0 Å². The number of nitrogens with zero attached hydrogens (tertiary/aromatic N) is 1. The molecule has 0 unspecified atom stereocenters. The zero-order chi connectivity index (χ0) is 13.6. The lowest BCUT2D eigenvalue weighted by Crippen LogP contribution is -2.21. The van der Waals surface area contributed by atoms with E-state index in [4.69, 9.17) is 11.6 Å². The average molecular weight is 342 g/mol. The topological polar surface area (TPSA) is 94.4 Å². The van der Waals surface area contributed by atoms with Crippen LogP contribution < -0.4 is 11.2 Å². The second-order valence-electron chi connectivity index (χ2n) is 3.84. The third kappa shape index (κ3) is 2.11. The van der Waals surface area contributed by atoms with Gasteiger partial charge < -0.3 is 4.98 Å². The van der Waals surface area contributed by atoms with Crippen molar-refractivity contribution in [2.45, 2.75) is 0 Å². The molecule has 96 valence electrons. The van der Waals surface area contributed by atoms with E-state index in [-0.39, 0.29) is 11.2 Å². The molecule has 0 radical (unpaired) electrons. The Morgan fingerprint density at radius 2 is 1.95 bits per heavy atom. The highest BCUT2D eigenvalue weighted by atomic mass is 79.9. The number of hydrogen-bond donors (Lipinski definition) is 3. The second kappa shape index (κ2) is 4.36. The van der Waals surface area contributed by atoms with E-state index >= 15 is 0 Å². The van der Waals surface area contributed by atoms with Gasteiger partial charge in [0.25, 0.3) is 5.56 Å². The quantitative estimate of drug-likeness (QED) is 0.632. The van der Waals surface area contributed by atoms with Crippen LogP contribution in [0.25, 0.3) is 22.6 Å². The number of aromatic amines is 3. The lowest BCUT2D eigenvalue weighted by Gasteiger charge is -2.00. The van der Waals surface area contributed by atoms with Gasteiger partial charge in [-0.2, -0.15) is 0 Å². The monoisotopic (exact) mass is 340 g/mol. The number of hydrogen-bond acceptors (Lipinski definition) is 3. The van der Waals surface area contributed by atoms with Crippen LogP contribution in [0.1, 0.15) is 0 Å². The Hall–Kier alpha value is -1.86. The summed E-state index contributed by atoms with van der Waals surface area (Å²) in [5, 5.41) is 0.581. The van der Waals surface area contributed by atoms with Crippen molar-refractivity contribution in [2.24, 2.45) is 0 Å². The molecule has 0 aliphatic rings. The van der Waals surface area contributed by atoms with E-state index in [0.717, 1.165) is 10.0 Å². The Morgan fingerprint density at radius 1 is 1.16 bits per heavy atom. The molecular formula is C11H6BrClN4O2. The van der Waals surface area contributed by atoms with Crippen molar-refractivity contribution in [2.75, 3.05) is 0 Å². The maximum Gasteiger partial charge on any atom is 0.327 e. The van der Waals surface area contributed by atoms with Crippen LogP contribution in [0.4, 0.5) is 0 Å². The van der Waals surface area contributed by atoms with Crippen molar-refractivity contribution < 1.29 is 0 Å². The predicted molar refractivity (Wildman–Crippen MR) is 75.5 cm³/mol. The highest BCUT2D eigenvalue weighted by Crippen LogP contribution is 2.29. The van der Waals surface area contributed by atoms with Crippen LogP contribution in [0.2, 0.25) is 5.02 Å². The van der Waals surface area contributed by atoms with Crippen molar-refractivity contribution in [3.8, 4) is 11.4 Å². The molecule has 8 heteroatoms. The van der Waals surface area contributed by atoms with Gasteiger partial charge >= 0.3 is 5.69 Å². The van der Waals surface area contributed by atoms with Gasteiger partial charge in [0.05, 0.1) is 0 Å². The first-order valence-corrected chi connectivity index (χ1v) is 6.39. The summed E-state index contributed by atoms with van der Waals surface area (Å²) in [6.07, 6.45) is 0. The van der Waals surface area contributed by atoms with Crippen molar-refractivity contribution in [1.82, 2.24) is 19.9 Å². The molecule has 6 nitrogen and oxygen atoms in total. The van der Waals surface area contributed by atoms with Gasteiger partial charge in [-0.1, -0.05) is 11.6 Å². The molecule has 0 saturated heterocycles. The van der Waals surface area contributed by atoms with E-state index in [9.17, 15) is 9.59 Å². The maximum atomic E-state index is 11.6. The van der Waals surface area contributed by atoms with Crippen molar-refractivity contribution >= 4 is 38.7 Å². The van der Waals surface area contributed by atoms with Gasteiger partial charge in [0.1, 0.15) is 11.3 Å². The highest BCUT2D eigenvalue weighted by Gasteiger charge is 2.11. The number of benzene rings is 1. The van der Waals surface area contributed by atoms with Crippen molar-refractivity contribution in [1.29, 1.82) is 0 Å². The van der Waals surface area contributed by atoms with Crippen LogP contribution in [0.5, 0.6) is 0 Å². The normalized spacial score (nSPS) is 11.1. The van der Waals surface area contributed by atoms with E-state index in [1.807, 2.05) is 0 Å². The summed E-state index contributed by atoms with van der Waals surface area (Å²) >= 11 is 9.24. The fraction of sp³-hybridized carbons (Fsp3) is 0. The Bertz CT molecular complexity index is 896. The molecule has 0 bridgehead atoms. The zero-order valence-electron chi connectivity index (χ0n) is 9.25. The maximum absolute atomic E-state index is 11.6. The Morgan fingerprint density at radius 3 is 2.68 bits per heavy atom. The molecule has 3 N–H and O–H groups in total. The third-order valence-corrected chi connectivity index (χ3v) is 3.47. The minimum absolute atomic E-state index is 0.214. The Kier molecular flexibility index (Phi) is 2.79. The largest absolute Gasteiger partial charge is 0.332 e. The summed E-state index contributed by atoms with van der Waals surface area (Å²) in [6, 6.07) is 5.19. The van der Waals surface area contributed by atoms with Crippen LogP contribution >= 0.6 is 27.5 Å². The number of H-pyrrole nitrogens is 3. The van der Waals surface area contributed by atoms with Crippen molar-refractivity contribution in [3.05, 3.63) is 48.5 Å². The van der Waals surface area contributed by atoms with Gasteiger partial charge in [-0.25, -0.2) is 9.78 Å². The fourth-order valence-electron chi connectivity index (χ4n) is 1.74. The molecule has 0 fully saturated rings. The molecular weight excluding hydrogens is 336 g/mol. The molecule has 0 spiro atoms. The van der Waals surface area contributed by atoms with Crippen LogP contribution in [0.3, 0.4) is 0 Å². The van der Waals surface area contributed by atoms with Gasteiger partial charge in [0, 0.05) is 15.1 Å². The average Bonchev–Trinajstić information content (AvgIpc) is 2.72. The fourth-order valence-corrected chi connectivity index (χ4v) is 2.61. The standard InChI is InChI=1S/C11H6BrClN4O2/c12-6-3-4(13)1-2-5(6)8-14-7-9(15-8)16-11(19)17-10(7)18/h1-3H,(H3,14,15,16,17,18,19). The summed E-state index contributed by atoms with van der Waals surface area (Å²) in [5.74, 6) is 0.464. The van der Waals surface area contributed by atoms with Crippen molar-refractivity contribution in [3.63, 3.8) is 0 Å². The first kappa shape index (κ1) is 12.2. The summed E-state index contributed by atoms with van der Waals surface area (Å²) < 4.78 is 0.734. The number of rotatable bonds is 1. The molecule has 0 saturated carbocycles. The summed E-state index contributed by atoms with van der Waals surface area (Å²) in [4.78, 5) is 34.4. The van der Waals surface area contributed by atoms with E-state index in [1.165, 1.54) is 0 Å². The van der Waals surface area contributed by atoms with E-state index in [1.54, 1.807) is 18.2 Å². The number of aromatic nitrogens is 4. The Labute approximate surface area is 119 Å². The van der Waals surface area contributed by atoms with Gasteiger partial charge in [0.2, 0.25) is 0 Å². The second-order valence-corrected chi connectivity index (χ2v) is 5.13. The molecule has 19 heavy (non-hydrogen) atoms. The smallest absolute Gasteiger partial charge is 0.327 e. The summed E-state index contributed by atoms with van der Waals surface area (Å²) in [7, 11) is 0. The first-order chi connectivity index (χ1) is 9.04. The lowest BCUT2D eigenvalue weighted by molar-refractivity contribution is 1.07. The molecule has 2 heterocycles. The molecule has 1 aromatic carbocycles. The van der Waals surface area contributed by atoms with Crippen LogP contribution in [-0.4, -0.2) is 19.9 Å². The van der Waals surface area contributed by atoms with Crippen LogP contribution in [0.15, 0.2) is 32.3 Å². The molecule has 2 aromatic heterocycles. The number of imidazole rings is 1. The summed E-state index contributed by atoms with van der Waals surface area (Å²) in [5.41, 5.74) is 0.0659. The van der Waals surface area contributed by atoms with Gasteiger partial charge in [-0.15, -0.1) is 0 Å². The van der Waals surface area contributed by atoms with Gasteiger partial charge in [-0.3, -0.25) is 14.8 Å². The number of nitrogens with one attached hydrogen (secondary N) is 3. The predicted octanol–water partition coefficient (Wildman–Crippen LogP) is 2.02. The lowest BCUT2D eigenvalue weighted by atomic mass is 10.2. The highest BCUT2D eigenvalue weighted by molar-refractivity contribution is 9.10. The minimum atomic E-state index is -0.592. The van der Waals surface area contributed by atoms with Crippen LogP contribution in [0, 0.1) is 0 Å². The third-order valence-electron chi connectivity index (χ3n) is 2.58. The number of halogens is 2. The summed E-state index contributed by atoms with van der Waals surface area (Å²) in [6.45, 7) is 0. The van der Waals surface area contributed by atoms with Gasteiger partial charge in [0.15, 0.2) is 5.65 Å². The van der Waals surface area contributed by atoms with E-state index in [2.05, 4.69) is 35.9 Å². The SMILES string of the molecule is O=c1[nH]c(=O)c2[nH]c(-c3ccc(Cl)cc3Br)nc2[nH]1. The molecule has 3 aromatic rings. The molecule has 0 atom stereocenters. The Balaban J connectivity index is 2.29. The van der Waals surface area contributed by atoms with Gasteiger partial charge in [-0.05, 0) is 34.1 Å². The van der Waals surface area contributed by atoms with E-state index < -0.39 is 11.2 Å². The minimum Gasteiger partial charge on any atom is -0.332 e. The molecule has 0 aliphatic carbocycles. The molecule has 0 amide bonds. The first-order valence-electron chi connectivity index (χ1n) is 5.22. The zero-order valence-corrected chi connectivity index (χ0v) is 11.6.